The molecule has 1 atom stereocenters. The number of fused-ring (bicyclic) bond motifs is 1. The van der Waals surface area contributed by atoms with Gasteiger partial charge in [-0.1, -0.05) is 26.3 Å². The second-order valence-electron chi connectivity index (χ2n) is 6.40. The van der Waals surface area contributed by atoms with E-state index in [9.17, 15) is 9.90 Å². The SMILES string of the molecule is Cc1nc2c(C(=O)O)cccc2n1C1CCCC1(C)C. The van der Waals surface area contributed by atoms with Gasteiger partial charge in [0.15, 0.2) is 0 Å². The Morgan fingerprint density at radius 1 is 1.45 bits per heavy atom. The van der Waals surface area contributed by atoms with Crippen molar-refractivity contribution < 1.29 is 9.90 Å². The van der Waals surface area contributed by atoms with Crippen LogP contribution in [0.25, 0.3) is 11.0 Å². The fraction of sp³-hybridized carbons (Fsp3) is 0.500. The standard InChI is InChI=1S/C16H20N2O2/c1-10-17-14-11(15(19)20)6-4-7-12(14)18(10)13-8-5-9-16(13,2)3/h4,6-7,13H,5,8-9H2,1-3H3,(H,19,20). The number of benzene rings is 1. The Bertz CT molecular complexity index is 685. The molecule has 1 fully saturated rings. The summed E-state index contributed by atoms with van der Waals surface area (Å²) in [6.07, 6.45) is 3.56. The average molecular weight is 272 g/mol. The van der Waals surface area contributed by atoms with Crippen molar-refractivity contribution in [3.05, 3.63) is 29.6 Å². The highest BCUT2D eigenvalue weighted by Gasteiger charge is 2.37. The molecule has 3 rings (SSSR count). The zero-order chi connectivity index (χ0) is 14.5. The molecule has 1 heterocycles. The van der Waals surface area contributed by atoms with Crippen LogP contribution < -0.4 is 0 Å². The zero-order valence-electron chi connectivity index (χ0n) is 12.2. The van der Waals surface area contributed by atoms with Gasteiger partial charge in [0.2, 0.25) is 0 Å². The molecule has 0 aliphatic heterocycles. The van der Waals surface area contributed by atoms with Gasteiger partial charge in [0, 0.05) is 6.04 Å². The number of hydrogen-bond donors (Lipinski definition) is 1. The molecular formula is C16H20N2O2. The van der Waals surface area contributed by atoms with E-state index in [4.69, 9.17) is 0 Å². The molecule has 0 bridgehead atoms. The first-order chi connectivity index (χ1) is 9.42. The normalized spacial score (nSPS) is 21.4. The van der Waals surface area contributed by atoms with Crippen LogP contribution in [0.3, 0.4) is 0 Å². The number of nitrogens with zero attached hydrogens (tertiary/aromatic N) is 2. The van der Waals surface area contributed by atoms with Gasteiger partial charge in [-0.2, -0.15) is 0 Å². The molecule has 1 aromatic heterocycles. The number of carbonyl (C=O) groups is 1. The number of aromatic nitrogens is 2. The molecule has 0 spiro atoms. The maximum Gasteiger partial charge on any atom is 0.337 e. The highest BCUT2D eigenvalue weighted by molar-refractivity contribution is 6.01. The minimum Gasteiger partial charge on any atom is -0.478 e. The average Bonchev–Trinajstić information content (AvgIpc) is 2.86. The quantitative estimate of drug-likeness (QED) is 0.904. The predicted octanol–water partition coefficient (Wildman–Crippen LogP) is 3.79. The lowest BCUT2D eigenvalue weighted by atomic mass is 9.87. The maximum absolute atomic E-state index is 11.3. The van der Waals surface area contributed by atoms with E-state index in [1.54, 1.807) is 6.07 Å². The molecule has 106 valence electrons. The smallest absolute Gasteiger partial charge is 0.337 e. The topological polar surface area (TPSA) is 55.1 Å². The second-order valence-corrected chi connectivity index (χ2v) is 6.40. The Labute approximate surface area is 118 Å². The van der Waals surface area contributed by atoms with E-state index in [-0.39, 0.29) is 5.41 Å². The van der Waals surface area contributed by atoms with Crippen molar-refractivity contribution in [3.8, 4) is 0 Å². The van der Waals surface area contributed by atoms with Gasteiger partial charge in [-0.15, -0.1) is 0 Å². The number of para-hydroxylation sites is 1. The number of rotatable bonds is 2. The van der Waals surface area contributed by atoms with Crippen LogP contribution in [0, 0.1) is 12.3 Å². The van der Waals surface area contributed by atoms with Crippen molar-refractivity contribution in [3.63, 3.8) is 0 Å². The van der Waals surface area contributed by atoms with E-state index in [2.05, 4.69) is 23.4 Å². The van der Waals surface area contributed by atoms with Crippen LogP contribution in [-0.4, -0.2) is 20.6 Å². The lowest BCUT2D eigenvalue weighted by molar-refractivity contribution is 0.0699. The Morgan fingerprint density at radius 3 is 2.80 bits per heavy atom. The summed E-state index contributed by atoms with van der Waals surface area (Å²) in [5.41, 5.74) is 2.08. The van der Waals surface area contributed by atoms with E-state index >= 15 is 0 Å². The molecule has 1 N–H and O–H groups in total. The molecule has 20 heavy (non-hydrogen) atoms. The van der Waals surface area contributed by atoms with E-state index in [0.29, 0.717) is 17.1 Å². The van der Waals surface area contributed by atoms with Crippen molar-refractivity contribution in [2.75, 3.05) is 0 Å². The summed E-state index contributed by atoms with van der Waals surface area (Å²) in [5, 5.41) is 9.30. The summed E-state index contributed by atoms with van der Waals surface area (Å²) in [7, 11) is 0. The Hall–Kier alpha value is -1.84. The maximum atomic E-state index is 11.3. The molecule has 1 aliphatic rings. The highest BCUT2D eigenvalue weighted by atomic mass is 16.4. The zero-order valence-corrected chi connectivity index (χ0v) is 12.2. The summed E-state index contributed by atoms with van der Waals surface area (Å²) in [6, 6.07) is 5.82. The van der Waals surface area contributed by atoms with Crippen molar-refractivity contribution in [1.29, 1.82) is 0 Å². The van der Waals surface area contributed by atoms with E-state index in [0.717, 1.165) is 17.8 Å². The van der Waals surface area contributed by atoms with Crippen LogP contribution >= 0.6 is 0 Å². The predicted molar refractivity (Wildman–Crippen MR) is 78.1 cm³/mol. The van der Waals surface area contributed by atoms with Gasteiger partial charge in [-0.3, -0.25) is 0 Å². The van der Waals surface area contributed by atoms with Crippen molar-refractivity contribution in [2.24, 2.45) is 5.41 Å². The van der Waals surface area contributed by atoms with E-state index in [1.165, 1.54) is 12.8 Å². The number of carboxylic acid groups (broad SMARTS) is 1. The number of hydrogen-bond acceptors (Lipinski definition) is 2. The van der Waals surface area contributed by atoms with Gasteiger partial charge in [-0.05, 0) is 37.3 Å². The molecule has 0 saturated heterocycles. The summed E-state index contributed by atoms with van der Waals surface area (Å²) < 4.78 is 2.24. The summed E-state index contributed by atoms with van der Waals surface area (Å²) in [4.78, 5) is 15.9. The largest absolute Gasteiger partial charge is 0.478 e. The third-order valence-corrected chi connectivity index (χ3v) is 4.64. The van der Waals surface area contributed by atoms with Gasteiger partial charge in [0.1, 0.15) is 11.3 Å². The van der Waals surface area contributed by atoms with Crippen LogP contribution in [0.15, 0.2) is 18.2 Å². The molecule has 1 aliphatic carbocycles. The molecule has 2 aromatic rings. The van der Waals surface area contributed by atoms with Gasteiger partial charge in [-0.25, -0.2) is 9.78 Å². The summed E-state index contributed by atoms with van der Waals surface area (Å²) >= 11 is 0. The first-order valence-corrected chi connectivity index (χ1v) is 7.12. The monoisotopic (exact) mass is 272 g/mol. The van der Waals surface area contributed by atoms with E-state index in [1.807, 2.05) is 19.1 Å². The van der Waals surface area contributed by atoms with Crippen molar-refractivity contribution in [2.45, 2.75) is 46.1 Å². The molecule has 0 amide bonds. The van der Waals surface area contributed by atoms with Crippen molar-refractivity contribution in [1.82, 2.24) is 9.55 Å². The Kier molecular flexibility index (Phi) is 2.85. The fourth-order valence-electron chi connectivity index (χ4n) is 3.59. The lowest BCUT2D eigenvalue weighted by Crippen LogP contribution is -2.22. The first kappa shape index (κ1) is 13.2. The van der Waals surface area contributed by atoms with Crippen LogP contribution in [0.2, 0.25) is 0 Å². The van der Waals surface area contributed by atoms with Crippen LogP contribution in [0.4, 0.5) is 0 Å². The second kappa shape index (κ2) is 4.33. The van der Waals surface area contributed by atoms with Gasteiger partial charge >= 0.3 is 5.97 Å². The highest BCUT2D eigenvalue weighted by Crippen LogP contribution is 2.47. The van der Waals surface area contributed by atoms with Gasteiger partial charge < -0.3 is 9.67 Å². The summed E-state index contributed by atoms with van der Waals surface area (Å²) in [5.74, 6) is -0.000364. The number of imidazole rings is 1. The number of aryl methyl sites for hydroxylation is 1. The van der Waals surface area contributed by atoms with Gasteiger partial charge in [0.05, 0.1) is 11.1 Å². The number of aromatic carboxylic acids is 1. The lowest BCUT2D eigenvalue weighted by Gasteiger charge is -2.29. The summed E-state index contributed by atoms with van der Waals surface area (Å²) in [6.45, 7) is 6.55. The fourth-order valence-corrected chi connectivity index (χ4v) is 3.59. The molecule has 1 unspecified atom stereocenters. The molecule has 1 saturated carbocycles. The van der Waals surface area contributed by atoms with E-state index < -0.39 is 5.97 Å². The van der Waals surface area contributed by atoms with Crippen LogP contribution in [0.5, 0.6) is 0 Å². The van der Waals surface area contributed by atoms with Crippen LogP contribution in [0.1, 0.15) is 55.3 Å². The third-order valence-electron chi connectivity index (χ3n) is 4.64. The Balaban J connectivity index is 2.24. The van der Waals surface area contributed by atoms with Crippen molar-refractivity contribution >= 4 is 17.0 Å². The molecule has 4 nitrogen and oxygen atoms in total. The number of carboxylic acids is 1. The minimum absolute atomic E-state index is 0.234. The minimum atomic E-state index is -0.911. The first-order valence-electron chi connectivity index (χ1n) is 7.12. The van der Waals surface area contributed by atoms with Crippen LogP contribution in [-0.2, 0) is 0 Å². The third kappa shape index (κ3) is 1.82. The Morgan fingerprint density at radius 2 is 2.20 bits per heavy atom. The molecule has 0 radical (unpaired) electrons. The molecular weight excluding hydrogens is 252 g/mol. The molecule has 4 heteroatoms. The van der Waals surface area contributed by atoms with Gasteiger partial charge in [0.25, 0.3) is 0 Å². The molecule has 1 aromatic carbocycles.